The molecule has 3 heteroatoms. The van der Waals surface area contributed by atoms with Crippen molar-refractivity contribution in [3.63, 3.8) is 0 Å². The number of rotatable bonds is 2. The van der Waals surface area contributed by atoms with Crippen LogP contribution in [0.3, 0.4) is 0 Å². The summed E-state index contributed by atoms with van der Waals surface area (Å²) in [5, 5.41) is 10.2. The van der Waals surface area contributed by atoms with E-state index in [-0.39, 0.29) is 0 Å². The number of aromatic nitrogens is 1. The summed E-state index contributed by atoms with van der Waals surface area (Å²) in [6.07, 6.45) is 5.16. The van der Waals surface area contributed by atoms with Gasteiger partial charge < -0.3 is 10.0 Å². The molecule has 0 aliphatic carbocycles. The lowest BCUT2D eigenvalue weighted by Crippen LogP contribution is -2.34. The predicted molar refractivity (Wildman–Crippen MR) is 55.0 cm³/mol. The molecule has 1 N–H and O–H groups in total. The van der Waals surface area contributed by atoms with Gasteiger partial charge in [-0.2, -0.15) is 0 Å². The molecule has 1 aliphatic heterocycles. The molecule has 14 heavy (non-hydrogen) atoms. The zero-order chi connectivity index (χ0) is 10.0. The molecule has 0 amide bonds. The van der Waals surface area contributed by atoms with Gasteiger partial charge >= 0.3 is 0 Å². The van der Waals surface area contributed by atoms with Crippen molar-refractivity contribution in [3.05, 3.63) is 30.1 Å². The van der Waals surface area contributed by atoms with Crippen LogP contribution in [0.15, 0.2) is 24.5 Å². The van der Waals surface area contributed by atoms with Gasteiger partial charge in [0.05, 0.1) is 5.60 Å². The molecule has 1 atom stereocenters. The molecule has 1 aromatic heterocycles. The minimum absolute atomic E-state index is 0.544. The highest BCUT2D eigenvalue weighted by Gasteiger charge is 2.34. The van der Waals surface area contributed by atoms with E-state index in [1.54, 1.807) is 6.20 Å². The Hall–Kier alpha value is -0.930. The fourth-order valence-electron chi connectivity index (χ4n) is 2.09. The van der Waals surface area contributed by atoms with Crippen LogP contribution in [-0.2, 0) is 6.42 Å². The van der Waals surface area contributed by atoms with E-state index in [2.05, 4.69) is 9.88 Å². The highest BCUT2D eigenvalue weighted by atomic mass is 16.3. The van der Waals surface area contributed by atoms with Crippen LogP contribution in [0, 0.1) is 0 Å². The molecule has 1 unspecified atom stereocenters. The Morgan fingerprint density at radius 2 is 2.50 bits per heavy atom. The van der Waals surface area contributed by atoms with E-state index < -0.39 is 5.60 Å². The van der Waals surface area contributed by atoms with Crippen LogP contribution >= 0.6 is 0 Å². The number of likely N-dealkylation sites (tertiary alicyclic amines) is 1. The van der Waals surface area contributed by atoms with Crippen molar-refractivity contribution in [2.45, 2.75) is 18.4 Å². The average Bonchev–Trinajstić information content (AvgIpc) is 2.47. The minimum Gasteiger partial charge on any atom is -0.388 e. The molecular weight excluding hydrogens is 176 g/mol. The van der Waals surface area contributed by atoms with E-state index in [1.807, 2.05) is 25.4 Å². The van der Waals surface area contributed by atoms with Crippen molar-refractivity contribution in [3.8, 4) is 0 Å². The number of nitrogens with zero attached hydrogens (tertiary/aromatic N) is 2. The summed E-state index contributed by atoms with van der Waals surface area (Å²) >= 11 is 0. The largest absolute Gasteiger partial charge is 0.388 e. The standard InChI is InChI=1S/C11H16N2O/c1-13-6-4-11(14,9-13)7-10-3-2-5-12-8-10/h2-3,5,8,14H,4,6-7,9H2,1H3. The number of pyridine rings is 1. The van der Waals surface area contributed by atoms with Gasteiger partial charge in [-0.25, -0.2) is 0 Å². The zero-order valence-corrected chi connectivity index (χ0v) is 8.48. The molecule has 1 aliphatic rings. The first kappa shape index (κ1) is 9.62. The third-order valence-electron chi connectivity index (χ3n) is 2.78. The Morgan fingerprint density at radius 1 is 1.64 bits per heavy atom. The number of aliphatic hydroxyl groups is 1. The topological polar surface area (TPSA) is 36.4 Å². The number of hydrogen-bond donors (Lipinski definition) is 1. The summed E-state index contributed by atoms with van der Waals surface area (Å²) in [7, 11) is 2.04. The Balaban J connectivity index is 2.04. The van der Waals surface area contributed by atoms with Gasteiger partial charge in [0.2, 0.25) is 0 Å². The van der Waals surface area contributed by atoms with Gasteiger partial charge in [-0.05, 0) is 25.1 Å². The zero-order valence-electron chi connectivity index (χ0n) is 8.48. The summed E-state index contributed by atoms with van der Waals surface area (Å²) < 4.78 is 0. The molecule has 1 fully saturated rings. The molecule has 2 heterocycles. The maximum atomic E-state index is 10.2. The highest BCUT2D eigenvalue weighted by Crippen LogP contribution is 2.23. The number of hydrogen-bond acceptors (Lipinski definition) is 3. The number of likely N-dealkylation sites (N-methyl/N-ethyl adjacent to an activating group) is 1. The van der Waals surface area contributed by atoms with E-state index in [4.69, 9.17) is 0 Å². The van der Waals surface area contributed by atoms with Crippen molar-refractivity contribution in [1.82, 2.24) is 9.88 Å². The van der Waals surface area contributed by atoms with Gasteiger partial charge in [0.15, 0.2) is 0 Å². The summed E-state index contributed by atoms with van der Waals surface area (Å²) in [6, 6.07) is 3.93. The van der Waals surface area contributed by atoms with Gasteiger partial charge in [0, 0.05) is 31.9 Å². The predicted octanol–water partition coefficient (Wildman–Crippen LogP) is 0.691. The molecule has 0 saturated carbocycles. The third kappa shape index (κ3) is 2.11. The second-order valence-corrected chi connectivity index (χ2v) is 4.25. The maximum absolute atomic E-state index is 10.2. The second kappa shape index (κ2) is 3.67. The molecule has 2 rings (SSSR count). The fraction of sp³-hybridized carbons (Fsp3) is 0.545. The van der Waals surface area contributed by atoms with Gasteiger partial charge in [0.25, 0.3) is 0 Å². The molecule has 1 aromatic rings. The van der Waals surface area contributed by atoms with Gasteiger partial charge in [-0.1, -0.05) is 6.07 Å². The number of β-amino-alcohol motifs (C(OH)–C–C–N with tert-alkyl or cyclic N) is 1. The molecule has 0 radical (unpaired) electrons. The van der Waals surface area contributed by atoms with Crippen LogP contribution in [0.2, 0.25) is 0 Å². The molecule has 76 valence electrons. The lowest BCUT2D eigenvalue weighted by atomic mass is 9.95. The molecule has 1 saturated heterocycles. The van der Waals surface area contributed by atoms with Gasteiger partial charge in [0.1, 0.15) is 0 Å². The van der Waals surface area contributed by atoms with Gasteiger partial charge in [-0.3, -0.25) is 4.98 Å². The summed E-state index contributed by atoms with van der Waals surface area (Å²) in [5.41, 5.74) is 0.572. The molecule has 0 bridgehead atoms. The average molecular weight is 192 g/mol. The van der Waals surface area contributed by atoms with E-state index in [1.165, 1.54) is 0 Å². The van der Waals surface area contributed by atoms with Crippen LogP contribution in [-0.4, -0.2) is 40.7 Å². The van der Waals surface area contributed by atoms with E-state index >= 15 is 0 Å². The first-order valence-electron chi connectivity index (χ1n) is 4.98. The third-order valence-corrected chi connectivity index (χ3v) is 2.78. The molecular formula is C11H16N2O. The minimum atomic E-state index is -0.544. The first-order valence-corrected chi connectivity index (χ1v) is 4.98. The smallest absolute Gasteiger partial charge is 0.0826 e. The van der Waals surface area contributed by atoms with Crippen LogP contribution < -0.4 is 0 Å². The summed E-state index contributed by atoms with van der Waals surface area (Å²) in [4.78, 5) is 6.22. The summed E-state index contributed by atoms with van der Waals surface area (Å²) in [6.45, 7) is 1.75. The van der Waals surface area contributed by atoms with E-state index in [0.717, 1.165) is 25.1 Å². The van der Waals surface area contributed by atoms with E-state index in [0.29, 0.717) is 6.42 Å². The van der Waals surface area contributed by atoms with Crippen molar-refractivity contribution < 1.29 is 5.11 Å². The maximum Gasteiger partial charge on any atom is 0.0826 e. The van der Waals surface area contributed by atoms with Crippen LogP contribution in [0.5, 0.6) is 0 Å². The Labute approximate surface area is 84.4 Å². The SMILES string of the molecule is CN1CCC(O)(Cc2cccnc2)C1. The summed E-state index contributed by atoms with van der Waals surface area (Å²) in [5.74, 6) is 0. The van der Waals surface area contributed by atoms with Crippen molar-refractivity contribution in [2.75, 3.05) is 20.1 Å². The molecule has 0 spiro atoms. The normalized spacial score (nSPS) is 28.1. The Kier molecular flexibility index (Phi) is 2.52. The van der Waals surface area contributed by atoms with Gasteiger partial charge in [-0.15, -0.1) is 0 Å². The lowest BCUT2D eigenvalue weighted by molar-refractivity contribution is 0.0523. The molecule has 3 nitrogen and oxygen atoms in total. The van der Waals surface area contributed by atoms with Crippen molar-refractivity contribution in [2.24, 2.45) is 0 Å². The van der Waals surface area contributed by atoms with E-state index in [9.17, 15) is 5.11 Å². The lowest BCUT2D eigenvalue weighted by Gasteiger charge is -2.22. The van der Waals surface area contributed by atoms with Crippen LogP contribution in [0.25, 0.3) is 0 Å². The highest BCUT2D eigenvalue weighted by molar-refractivity contribution is 5.13. The van der Waals surface area contributed by atoms with Crippen molar-refractivity contribution >= 4 is 0 Å². The van der Waals surface area contributed by atoms with Crippen molar-refractivity contribution in [1.29, 1.82) is 0 Å². The Morgan fingerprint density at radius 3 is 3.07 bits per heavy atom. The van der Waals surface area contributed by atoms with Crippen LogP contribution in [0.4, 0.5) is 0 Å². The quantitative estimate of drug-likeness (QED) is 0.749. The molecule has 0 aromatic carbocycles. The monoisotopic (exact) mass is 192 g/mol. The Bertz CT molecular complexity index is 301. The fourth-order valence-corrected chi connectivity index (χ4v) is 2.09. The first-order chi connectivity index (χ1) is 6.68. The van der Waals surface area contributed by atoms with Crippen LogP contribution in [0.1, 0.15) is 12.0 Å². The second-order valence-electron chi connectivity index (χ2n) is 4.25.